The lowest BCUT2D eigenvalue weighted by Crippen LogP contribution is -2.45. The number of aromatic nitrogens is 1. The van der Waals surface area contributed by atoms with Gasteiger partial charge in [0, 0.05) is 24.4 Å². The van der Waals surface area contributed by atoms with Crippen molar-refractivity contribution in [1.29, 1.82) is 0 Å². The fraction of sp³-hybridized carbons (Fsp3) is 0.500. The fourth-order valence-electron chi connectivity index (χ4n) is 3.30. The third kappa shape index (κ3) is 3.75. The van der Waals surface area contributed by atoms with Crippen molar-refractivity contribution < 1.29 is 5.11 Å². The van der Waals surface area contributed by atoms with Gasteiger partial charge in [-0.3, -0.25) is 4.90 Å². The van der Waals surface area contributed by atoms with E-state index in [0.29, 0.717) is 0 Å². The van der Waals surface area contributed by atoms with Crippen LogP contribution in [0.25, 0.3) is 0 Å². The maximum Gasteiger partial charge on any atom is 0.0972 e. The third-order valence-corrected chi connectivity index (χ3v) is 5.24. The van der Waals surface area contributed by atoms with Gasteiger partial charge in [-0.1, -0.05) is 30.3 Å². The molecular weight excluding hydrogens is 292 g/mol. The van der Waals surface area contributed by atoms with Crippen molar-refractivity contribution in [2.75, 3.05) is 6.54 Å². The molecule has 0 amide bonds. The van der Waals surface area contributed by atoms with E-state index in [1.807, 2.05) is 19.9 Å². The second-order valence-corrected chi connectivity index (χ2v) is 7.62. The minimum absolute atomic E-state index is 0.242. The van der Waals surface area contributed by atoms with Crippen LogP contribution in [0.4, 0.5) is 0 Å². The molecule has 4 heteroatoms. The van der Waals surface area contributed by atoms with Crippen LogP contribution in [0.2, 0.25) is 0 Å². The number of benzene rings is 1. The summed E-state index contributed by atoms with van der Waals surface area (Å²) < 4.78 is 0. The van der Waals surface area contributed by atoms with Gasteiger partial charge in [0.15, 0.2) is 0 Å². The van der Waals surface area contributed by atoms with Crippen LogP contribution in [0.5, 0.6) is 0 Å². The average molecular weight is 316 g/mol. The standard InChI is InChI=1S/C18H24N2OS/c1-18(2,21)16-9-6-10-20(16)12-15-13-22-17(19-15)11-14-7-4-3-5-8-14/h3-5,7-8,13,16,21H,6,9-12H2,1-2H3. The highest BCUT2D eigenvalue weighted by molar-refractivity contribution is 7.09. The normalized spacial score (nSPS) is 19.7. The minimum Gasteiger partial charge on any atom is -0.389 e. The fourth-order valence-corrected chi connectivity index (χ4v) is 4.12. The van der Waals surface area contributed by atoms with Gasteiger partial charge in [0.1, 0.15) is 0 Å². The van der Waals surface area contributed by atoms with Gasteiger partial charge < -0.3 is 5.11 Å². The third-order valence-electron chi connectivity index (χ3n) is 4.34. The van der Waals surface area contributed by atoms with Gasteiger partial charge in [-0.2, -0.15) is 0 Å². The molecular formula is C18H24N2OS. The van der Waals surface area contributed by atoms with Crippen LogP contribution in [0.1, 0.15) is 43.0 Å². The van der Waals surface area contributed by atoms with Crippen molar-refractivity contribution in [3.63, 3.8) is 0 Å². The molecule has 3 nitrogen and oxygen atoms in total. The summed E-state index contributed by atoms with van der Waals surface area (Å²) in [5.74, 6) is 0. The first-order valence-electron chi connectivity index (χ1n) is 7.96. The summed E-state index contributed by atoms with van der Waals surface area (Å²) in [5, 5.41) is 13.6. The summed E-state index contributed by atoms with van der Waals surface area (Å²) in [6.45, 7) is 5.73. The largest absolute Gasteiger partial charge is 0.389 e. The van der Waals surface area contributed by atoms with Crippen LogP contribution in [0.15, 0.2) is 35.7 Å². The molecule has 1 aromatic carbocycles. The molecule has 1 atom stereocenters. The summed E-state index contributed by atoms with van der Waals surface area (Å²) in [4.78, 5) is 7.16. The molecule has 3 rings (SSSR count). The van der Waals surface area contributed by atoms with E-state index in [4.69, 9.17) is 4.98 Å². The van der Waals surface area contributed by atoms with Gasteiger partial charge in [-0.15, -0.1) is 11.3 Å². The molecule has 0 bridgehead atoms. The Bertz CT molecular complexity index is 603. The highest BCUT2D eigenvalue weighted by Crippen LogP contribution is 2.28. The zero-order valence-electron chi connectivity index (χ0n) is 13.3. The van der Waals surface area contributed by atoms with Gasteiger partial charge in [0.05, 0.1) is 16.3 Å². The first-order chi connectivity index (χ1) is 10.5. The molecule has 0 aliphatic carbocycles. The van der Waals surface area contributed by atoms with Crippen molar-refractivity contribution in [2.24, 2.45) is 0 Å². The highest BCUT2D eigenvalue weighted by atomic mass is 32.1. The first kappa shape index (κ1) is 15.7. The number of rotatable bonds is 5. The van der Waals surface area contributed by atoms with E-state index in [9.17, 15) is 5.11 Å². The van der Waals surface area contributed by atoms with Gasteiger partial charge in [0.2, 0.25) is 0 Å². The molecule has 1 aliphatic rings. The van der Waals surface area contributed by atoms with E-state index in [1.165, 1.54) is 10.6 Å². The Hall–Kier alpha value is -1.23. The SMILES string of the molecule is CC(C)(O)C1CCCN1Cc1csc(Cc2ccccc2)n1. The van der Waals surface area contributed by atoms with Gasteiger partial charge in [-0.05, 0) is 38.8 Å². The number of likely N-dealkylation sites (tertiary alicyclic amines) is 1. The Morgan fingerprint density at radius 3 is 2.82 bits per heavy atom. The second kappa shape index (κ2) is 6.49. The van der Waals surface area contributed by atoms with E-state index >= 15 is 0 Å². The Morgan fingerprint density at radius 2 is 2.09 bits per heavy atom. The number of thiazole rings is 1. The minimum atomic E-state index is -0.639. The number of aliphatic hydroxyl groups is 1. The molecule has 1 aliphatic heterocycles. The molecule has 2 aromatic rings. The van der Waals surface area contributed by atoms with E-state index in [1.54, 1.807) is 11.3 Å². The molecule has 1 saturated heterocycles. The Balaban J connectivity index is 1.64. The molecule has 2 heterocycles. The van der Waals surface area contributed by atoms with Crippen LogP contribution in [0, 0.1) is 0 Å². The van der Waals surface area contributed by atoms with Crippen LogP contribution < -0.4 is 0 Å². The topological polar surface area (TPSA) is 36.4 Å². The lowest BCUT2D eigenvalue weighted by atomic mass is 9.96. The monoisotopic (exact) mass is 316 g/mol. The molecule has 0 radical (unpaired) electrons. The van der Waals surface area contributed by atoms with Crippen LogP contribution in [0.3, 0.4) is 0 Å². The molecule has 118 valence electrons. The smallest absolute Gasteiger partial charge is 0.0972 e. The van der Waals surface area contributed by atoms with Gasteiger partial charge >= 0.3 is 0 Å². The number of hydrogen-bond acceptors (Lipinski definition) is 4. The maximum atomic E-state index is 10.3. The van der Waals surface area contributed by atoms with E-state index in [2.05, 4.69) is 34.5 Å². The number of hydrogen-bond donors (Lipinski definition) is 1. The lowest BCUT2D eigenvalue weighted by molar-refractivity contribution is -0.00531. The molecule has 0 spiro atoms. The zero-order chi connectivity index (χ0) is 15.6. The lowest BCUT2D eigenvalue weighted by Gasteiger charge is -2.33. The average Bonchev–Trinajstić information content (AvgIpc) is 3.09. The molecule has 0 saturated carbocycles. The van der Waals surface area contributed by atoms with E-state index < -0.39 is 5.60 Å². The van der Waals surface area contributed by atoms with Crippen LogP contribution in [-0.4, -0.2) is 33.2 Å². The van der Waals surface area contributed by atoms with Crippen molar-refractivity contribution in [3.8, 4) is 0 Å². The summed E-state index contributed by atoms with van der Waals surface area (Å²) in [6.07, 6.45) is 3.14. The molecule has 1 N–H and O–H groups in total. The maximum absolute atomic E-state index is 10.3. The predicted molar refractivity (Wildman–Crippen MR) is 91.1 cm³/mol. The highest BCUT2D eigenvalue weighted by Gasteiger charge is 2.35. The zero-order valence-corrected chi connectivity index (χ0v) is 14.1. The van der Waals surface area contributed by atoms with Gasteiger partial charge in [0.25, 0.3) is 0 Å². The summed E-state index contributed by atoms with van der Waals surface area (Å²) in [5.41, 5.74) is 1.80. The molecule has 22 heavy (non-hydrogen) atoms. The molecule has 1 unspecified atom stereocenters. The van der Waals surface area contributed by atoms with E-state index in [-0.39, 0.29) is 6.04 Å². The predicted octanol–water partition coefficient (Wildman–Crippen LogP) is 3.47. The first-order valence-corrected chi connectivity index (χ1v) is 8.84. The Kier molecular flexibility index (Phi) is 4.62. The summed E-state index contributed by atoms with van der Waals surface area (Å²) in [6, 6.07) is 10.7. The van der Waals surface area contributed by atoms with E-state index in [0.717, 1.165) is 38.0 Å². The van der Waals surface area contributed by atoms with Crippen molar-refractivity contribution >= 4 is 11.3 Å². The number of nitrogens with zero attached hydrogens (tertiary/aromatic N) is 2. The Morgan fingerprint density at radius 1 is 1.32 bits per heavy atom. The molecule has 1 aromatic heterocycles. The second-order valence-electron chi connectivity index (χ2n) is 6.68. The van der Waals surface area contributed by atoms with Crippen LogP contribution in [-0.2, 0) is 13.0 Å². The van der Waals surface area contributed by atoms with Crippen molar-refractivity contribution in [1.82, 2.24) is 9.88 Å². The van der Waals surface area contributed by atoms with Gasteiger partial charge in [-0.25, -0.2) is 4.98 Å². The quantitative estimate of drug-likeness (QED) is 0.917. The summed E-state index contributed by atoms with van der Waals surface area (Å²) >= 11 is 1.74. The molecule has 1 fully saturated rings. The summed E-state index contributed by atoms with van der Waals surface area (Å²) in [7, 11) is 0. The van der Waals surface area contributed by atoms with Crippen molar-refractivity contribution in [2.45, 2.75) is 51.3 Å². The Labute approximate surface area is 136 Å². The van der Waals surface area contributed by atoms with Crippen molar-refractivity contribution in [3.05, 3.63) is 52.0 Å². The van der Waals surface area contributed by atoms with Crippen LogP contribution >= 0.6 is 11.3 Å².